The second-order valence-electron chi connectivity index (χ2n) is 4.59. The van der Waals surface area contributed by atoms with Gasteiger partial charge in [-0.25, -0.2) is 0 Å². The molecule has 2 aromatic carbocycles. The zero-order chi connectivity index (χ0) is 14.2. The molecule has 1 aliphatic heterocycles. The van der Waals surface area contributed by atoms with Gasteiger partial charge in [0.25, 0.3) is 0 Å². The molecule has 3 nitrogen and oxygen atoms in total. The Hall–Kier alpha value is -2.27. The number of alkyl halides is 2. The second kappa shape index (κ2) is 4.38. The van der Waals surface area contributed by atoms with Gasteiger partial charge in [0.15, 0.2) is 0 Å². The van der Waals surface area contributed by atoms with Crippen LogP contribution in [0.2, 0.25) is 0 Å². The van der Waals surface area contributed by atoms with Crippen molar-refractivity contribution >= 4 is 5.71 Å². The first kappa shape index (κ1) is 12.7. The number of hydrogen-bond acceptors (Lipinski definition) is 3. The average Bonchev–Trinajstić information content (AvgIpc) is 2.72. The number of benzene rings is 2. The van der Waals surface area contributed by atoms with Crippen molar-refractivity contribution in [3.63, 3.8) is 0 Å². The summed E-state index contributed by atoms with van der Waals surface area (Å²) >= 11 is 0. The largest absolute Gasteiger partial charge is 0.361 e. The van der Waals surface area contributed by atoms with Crippen LogP contribution < -0.4 is 5.43 Å². The fraction of sp³-hybridized carbons (Fsp3) is 0.133. The third-order valence-corrected chi connectivity index (χ3v) is 3.32. The van der Waals surface area contributed by atoms with Crippen molar-refractivity contribution < 1.29 is 13.9 Å². The quantitative estimate of drug-likeness (QED) is 0.883. The predicted molar refractivity (Wildman–Crippen MR) is 71.4 cm³/mol. The van der Waals surface area contributed by atoms with E-state index in [0.717, 1.165) is 0 Å². The van der Waals surface area contributed by atoms with Crippen molar-refractivity contribution in [2.75, 3.05) is 0 Å². The van der Waals surface area contributed by atoms with E-state index in [9.17, 15) is 13.9 Å². The molecule has 0 spiro atoms. The third kappa shape index (κ3) is 1.71. The summed E-state index contributed by atoms with van der Waals surface area (Å²) in [7, 11) is 0. The first-order valence-electron chi connectivity index (χ1n) is 6.12. The first-order chi connectivity index (χ1) is 9.56. The molecule has 1 atom stereocenters. The molecular weight excluding hydrogens is 262 g/mol. The molecule has 0 radical (unpaired) electrons. The summed E-state index contributed by atoms with van der Waals surface area (Å²) in [5.74, 6) is -3.53. The smallest absolute Gasteiger partial charge is 0.344 e. The summed E-state index contributed by atoms with van der Waals surface area (Å²) in [6, 6.07) is 15.8. The van der Waals surface area contributed by atoms with E-state index in [2.05, 4.69) is 10.5 Å². The van der Waals surface area contributed by atoms with Gasteiger partial charge in [0.1, 0.15) is 5.71 Å². The maximum Gasteiger partial charge on any atom is 0.344 e. The number of rotatable bonds is 2. The minimum Gasteiger partial charge on any atom is -0.361 e. The zero-order valence-corrected chi connectivity index (χ0v) is 10.4. The van der Waals surface area contributed by atoms with Crippen LogP contribution >= 0.6 is 0 Å². The number of hydrazone groups is 1. The van der Waals surface area contributed by atoms with Gasteiger partial charge in [-0.1, -0.05) is 60.7 Å². The molecule has 0 amide bonds. The van der Waals surface area contributed by atoms with Crippen molar-refractivity contribution in [2.24, 2.45) is 5.10 Å². The summed E-state index contributed by atoms with van der Waals surface area (Å²) in [5.41, 5.74) is -0.471. The summed E-state index contributed by atoms with van der Waals surface area (Å²) < 4.78 is 29.2. The maximum atomic E-state index is 14.6. The summed E-state index contributed by atoms with van der Waals surface area (Å²) in [6.07, 6.45) is 0. The van der Waals surface area contributed by atoms with E-state index in [1.165, 1.54) is 24.3 Å². The number of nitrogens with zero attached hydrogens (tertiary/aromatic N) is 1. The Kier molecular flexibility index (Phi) is 2.79. The highest BCUT2D eigenvalue weighted by molar-refractivity contribution is 6.07. The lowest BCUT2D eigenvalue weighted by molar-refractivity contribution is -0.150. The van der Waals surface area contributed by atoms with Gasteiger partial charge in [-0.3, -0.25) is 5.43 Å². The van der Waals surface area contributed by atoms with Crippen molar-refractivity contribution in [1.82, 2.24) is 5.43 Å². The van der Waals surface area contributed by atoms with Crippen molar-refractivity contribution in [3.05, 3.63) is 71.8 Å². The van der Waals surface area contributed by atoms with Gasteiger partial charge in [-0.15, -0.1) is 0 Å². The fourth-order valence-corrected chi connectivity index (χ4v) is 2.22. The molecule has 0 saturated carbocycles. The van der Waals surface area contributed by atoms with Crippen LogP contribution in [0, 0.1) is 0 Å². The summed E-state index contributed by atoms with van der Waals surface area (Å²) in [4.78, 5) is 0. The van der Waals surface area contributed by atoms with E-state index in [0.29, 0.717) is 0 Å². The second-order valence-corrected chi connectivity index (χ2v) is 4.59. The number of aliphatic hydroxyl groups is 1. The molecule has 20 heavy (non-hydrogen) atoms. The lowest BCUT2D eigenvalue weighted by Gasteiger charge is -2.29. The van der Waals surface area contributed by atoms with Gasteiger partial charge < -0.3 is 5.11 Å². The number of hydrogen-bond donors (Lipinski definition) is 2. The molecule has 1 heterocycles. The minimum atomic E-state index is -3.53. The van der Waals surface area contributed by atoms with Crippen LogP contribution in [-0.4, -0.2) is 16.7 Å². The minimum absolute atomic E-state index is 0.0691. The molecule has 102 valence electrons. The number of nitrogens with one attached hydrogen (secondary N) is 1. The molecule has 3 rings (SSSR count). The van der Waals surface area contributed by atoms with E-state index in [1.54, 1.807) is 36.4 Å². The van der Waals surface area contributed by atoms with Crippen molar-refractivity contribution in [3.8, 4) is 0 Å². The lowest BCUT2D eigenvalue weighted by Crippen LogP contribution is -2.52. The molecule has 0 bridgehead atoms. The lowest BCUT2D eigenvalue weighted by atomic mass is 9.91. The van der Waals surface area contributed by atoms with Gasteiger partial charge in [0, 0.05) is 11.1 Å². The van der Waals surface area contributed by atoms with Crippen LogP contribution in [0.3, 0.4) is 0 Å². The predicted octanol–water partition coefficient (Wildman–Crippen LogP) is 2.47. The Morgan fingerprint density at radius 2 is 1.45 bits per heavy atom. The van der Waals surface area contributed by atoms with Crippen LogP contribution in [0.1, 0.15) is 11.1 Å². The monoisotopic (exact) mass is 274 g/mol. The summed E-state index contributed by atoms with van der Waals surface area (Å²) in [6.45, 7) is 0. The van der Waals surface area contributed by atoms with Crippen molar-refractivity contribution in [1.29, 1.82) is 0 Å². The normalized spacial score (nSPS) is 24.1. The van der Waals surface area contributed by atoms with Gasteiger partial charge in [0.2, 0.25) is 5.72 Å². The Balaban J connectivity index is 2.04. The molecule has 5 heteroatoms. The van der Waals surface area contributed by atoms with E-state index < -0.39 is 17.4 Å². The van der Waals surface area contributed by atoms with E-state index in [4.69, 9.17) is 0 Å². The molecule has 0 fully saturated rings. The third-order valence-electron chi connectivity index (χ3n) is 3.32. The van der Waals surface area contributed by atoms with Gasteiger partial charge in [0.05, 0.1) is 0 Å². The fourth-order valence-electron chi connectivity index (χ4n) is 2.22. The Bertz CT molecular complexity index is 643. The molecular formula is C15H12F2N2O. The van der Waals surface area contributed by atoms with Crippen LogP contribution in [-0.2, 0) is 5.72 Å². The topological polar surface area (TPSA) is 44.6 Å². The average molecular weight is 274 g/mol. The highest BCUT2D eigenvalue weighted by Crippen LogP contribution is 2.41. The molecule has 1 unspecified atom stereocenters. The number of halogens is 2. The Labute approximate surface area is 114 Å². The molecule has 2 aromatic rings. The standard InChI is InChI=1S/C15H12F2N2O/c16-14(17)13(11-7-3-1-4-8-11)18-19-15(14,20)12-9-5-2-6-10-12/h1-10,19-20H. The molecule has 0 aromatic heterocycles. The molecule has 1 aliphatic rings. The van der Waals surface area contributed by atoms with Crippen LogP contribution in [0.25, 0.3) is 0 Å². The van der Waals surface area contributed by atoms with Gasteiger partial charge in [-0.05, 0) is 0 Å². The van der Waals surface area contributed by atoms with Gasteiger partial charge in [-0.2, -0.15) is 13.9 Å². The highest BCUT2D eigenvalue weighted by Gasteiger charge is 2.62. The SMILES string of the molecule is OC1(c2ccccc2)NN=C(c2ccccc2)C1(F)F. The molecule has 0 saturated heterocycles. The molecule has 2 N–H and O–H groups in total. The van der Waals surface area contributed by atoms with Gasteiger partial charge >= 0.3 is 5.92 Å². The summed E-state index contributed by atoms with van der Waals surface area (Å²) in [5, 5.41) is 14.0. The zero-order valence-electron chi connectivity index (χ0n) is 10.4. The van der Waals surface area contributed by atoms with Crippen LogP contribution in [0.4, 0.5) is 8.78 Å². The maximum absolute atomic E-state index is 14.6. The molecule has 0 aliphatic carbocycles. The van der Waals surface area contributed by atoms with E-state index >= 15 is 0 Å². The van der Waals surface area contributed by atoms with E-state index in [1.807, 2.05) is 0 Å². The first-order valence-corrected chi connectivity index (χ1v) is 6.12. The Morgan fingerprint density at radius 1 is 0.900 bits per heavy atom. The van der Waals surface area contributed by atoms with E-state index in [-0.39, 0.29) is 11.1 Å². The Morgan fingerprint density at radius 3 is 2.05 bits per heavy atom. The van der Waals surface area contributed by atoms with Crippen molar-refractivity contribution in [2.45, 2.75) is 11.6 Å². The van der Waals surface area contributed by atoms with Crippen LogP contribution in [0.5, 0.6) is 0 Å². The highest BCUT2D eigenvalue weighted by atomic mass is 19.3. The van der Waals surface area contributed by atoms with Crippen LogP contribution in [0.15, 0.2) is 65.8 Å².